The van der Waals surface area contributed by atoms with Crippen LogP contribution in [0.15, 0.2) is 27.4 Å². The van der Waals surface area contributed by atoms with Gasteiger partial charge in [-0.05, 0) is 24.6 Å². The van der Waals surface area contributed by atoms with Gasteiger partial charge in [0.05, 0.1) is 27.2 Å². The van der Waals surface area contributed by atoms with Gasteiger partial charge in [-0.2, -0.15) is 0 Å². The molecule has 0 N–H and O–H groups in total. The molecule has 0 aliphatic rings. The molecule has 0 saturated heterocycles. The van der Waals surface area contributed by atoms with Gasteiger partial charge >= 0.3 is 11.6 Å². The van der Waals surface area contributed by atoms with Gasteiger partial charge in [0.25, 0.3) is 0 Å². The highest BCUT2D eigenvalue weighted by atomic mass is 16.5. The molecule has 0 aliphatic heterocycles. The van der Waals surface area contributed by atoms with Gasteiger partial charge in [-0.25, -0.2) is 4.79 Å². The van der Waals surface area contributed by atoms with E-state index in [0.717, 1.165) is 0 Å². The lowest BCUT2D eigenvalue weighted by molar-refractivity contribution is -0.143. The van der Waals surface area contributed by atoms with Crippen molar-refractivity contribution in [1.29, 1.82) is 0 Å². The third-order valence-corrected chi connectivity index (χ3v) is 3.64. The number of ketones is 1. The Morgan fingerprint density at radius 2 is 1.88 bits per heavy atom. The maximum Gasteiger partial charge on any atom is 0.336 e. The van der Waals surface area contributed by atoms with Crippen molar-refractivity contribution in [3.63, 3.8) is 0 Å². The number of carbonyl (C=O) groups is 2. The van der Waals surface area contributed by atoms with Crippen molar-refractivity contribution in [3.8, 4) is 11.5 Å². The molecular formula is C17H18O7. The minimum atomic E-state index is -0.905. The van der Waals surface area contributed by atoms with Crippen molar-refractivity contribution < 1.29 is 28.2 Å². The van der Waals surface area contributed by atoms with E-state index in [0.29, 0.717) is 16.7 Å². The molecule has 0 bridgehead atoms. The van der Waals surface area contributed by atoms with Gasteiger partial charge in [-0.3, -0.25) is 9.59 Å². The van der Waals surface area contributed by atoms with Crippen LogP contribution in [0.25, 0.3) is 11.0 Å². The lowest BCUT2D eigenvalue weighted by Crippen LogP contribution is -2.19. The second kappa shape index (κ2) is 7.16. The van der Waals surface area contributed by atoms with E-state index in [1.807, 2.05) is 0 Å². The van der Waals surface area contributed by atoms with Crippen LogP contribution < -0.4 is 15.1 Å². The second-order valence-electron chi connectivity index (χ2n) is 5.18. The number of carbonyl (C=O) groups excluding carboxylic acids is 2. The molecule has 1 aromatic carbocycles. The SMILES string of the molecule is COC(=O)[C@@H](CC(C)=O)c1cc(=O)oc2c(OC)c(OC)ccc12. The highest BCUT2D eigenvalue weighted by molar-refractivity contribution is 5.94. The van der Waals surface area contributed by atoms with Gasteiger partial charge < -0.3 is 18.6 Å². The third-order valence-electron chi connectivity index (χ3n) is 3.64. The van der Waals surface area contributed by atoms with Crippen LogP contribution in [0.3, 0.4) is 0 Å². The van der Waals surface area contributed by atoms with Crippen LogP contribution in [0.5, 0.6) is 11.5 Å². The van der Waals surface area contributed by atoms with Crippen LogP contribution in [0.1, 0.15) is 24.8 Å². The zero-order valence-electron chi connectivity index (χ0n) is 13.9. The van der Waals surface area contributed by atoms with E-state index in [2.05, 4.69) is 0 Å². The quantitative estimate of drug-likeness (QED) is 0.589. The normalized spacial score (nSPS) is 11.8. The minimum Gasteiger partial charge on any atom is -0.493 e. The number of hydrogen-bond donors (Lipinski definition) is 0. The van der Waals surface area contributed by atoms with E-state index in [4.69, 9.17) is 18.6 Å². The maximum absolute atomic E-state index is 12.1. The highest BCUT2D eigenvalue weighted by Crippen LogP contribution is 2.38. The first-order valence-electron chi connectivity index (χ1n) is 7.18. The van der Waals surface area contributed by atoms with Crippen LogP contribution >= 0.6 is 0 Å². The van der Waals surface area contributed by atoms with Crippen LogP contribution in [-0.2, 0) is 14.3 Å². The molecule has 128 valence electrons. The summed E-state index contributed by atoms with van der Waals surface area (Å²) in [4.78, 5) is 35.6. The van der Waals surface area contributed by atoms with Gasteiger partial charge in [-0.15, -0.1) is 0 Å². The van der Waals surface area contributed by atoms with Crippen molar-refractivity contribution in [2.75, 3.05) is 21.3 Å². The maximum atomic E-state index is 12.1. The summed E-state index contributed by atoms with van der Waals surface area (Å²) in [6, 6.07) is 4.47. The number of ether oxygens (including phenoxy) is 3. The molecule has 2 rings (SSSR count). The Bertz CT molecular complexity index is 835. The molecule has 0 fully saturated rings. The monoisotopic (exact) mass is 334 g/mol. The largest absolute Gasteiger partial charge is 0.493 e. The molecule has 7 nitrogen and oxygen atoms in total. The average molecular weight is 334 g/mol. The summed E-state index contributed by atoms with van der Waals surface area (Å²) in [7, 11) is 4.10. The van der Waals surface area contributed by atoms with Crippen molar-refractivity contribution in [1.82, 2.24) is 0 Å². The molecule has 1 heterocycles. The Kier molecular flexibility index (Phi) is 5.23. The predicted octanol–water partition coefficient (Wildman–Crippen LogP) is 2.05. The van der Waals surface area contributed by atoms with E-state index in [1.165, 1.54) is 34.3 Å². The summed E-state index contributed by atoms with van der Waals surface area (Å²) in [5, 5.41) is 0.476. The number of esters is 1. The topological polar surface area (TPSA) is 92.0 Å². The van der Waals surface area contributed by atoms with Crippen molar-refractivity contribution in [2.24, 2.45) is 0 Å². The molecule has 0 spiro atoms. The number of methoxy groups -OCH3 is 3. The Hall–Kier alpha value is -2.83. The average Bonchev–Trinajstić information content (AvgIpc) is 2.56. The Morgan fingerprint density at radius 3 is 2.42 bits per heavy atom. The minimum absolute atomic E-state index is 0.0838. The van der Waals surface area contributed by atoms with Crippen molar-refractivity contribution in [2.45, 2.75) is 19.3 Å². The van der Waals surface area contributed by atoms with E-state index >= 15 is 0 Å². The van der Waals surface area contributed by atoms with E-state index < -0.39 is 17.5 Å². The molecule has 0 amide bonds. The predicted molar refractivity (Wildman–Crippen MR) is 85.6 cm³/mol. The van der Waals surface area contributed by atoms with Gasteiger partial charge in [0.1, 0.15) is 5.78 Å². The molecule has 0 saturated carbocycles. The second-order valence-corrected chi connectivity index (χ2v) is 5.18. The van der Waals surface area contributed by atoms with Gasteiger partial charge in [0, 0.05) is 17.9 Å². The van der Waals surface area contributed by atoms with Crippen molar-refractivity contribution >= 4 is 22.7 Å². The summed E-state index contributed by atoms with van der Waals surface area (Å²) >= 11 is 0. The number of rotatable bonds is 6. The number of benzene rings is 1. The summed E-state index contributed by atoms with van der Waals surface area (Å²) in [5.41, 5.74) is -0.164. The van der Waals surface area contributed by atoms with Gasteiger partial charge in [-0.1, -0.05) is 0 Å². The van der Waals surface area contributed by atoms with Crippen LogP contribution in [0, 0.1) is 0 Å². The van der Waals surface area contributed by atoms with E-state index in [-0.39, 0.29) is 23.5 Å². The van der Waals surface area contributed by atoms with Gasteiger partial charge in [0.15, 0.2) is 11.3 Å². The fraction of sp³-hybridized carbons (Fsp3) is 0.353. The zero-order valence-corrected chi connectivity index (χ0v) is 13.9. The standard InChI is InChI=1S/C17H18O7/c1-9(18)7-12(17(20)23-4)11-8-14(19)24-15-10(11)5-6-13(21-2)16(15)22-3/h5-6,8,12H,7H2,1-4H3/t12-/m0/s1. The smallest absolute Gasteiger partial charge is 0.336 e. The van der Waals surface area contributed by atoms with Crippen LogP contribution in [0.4, 0.5) is 0 Å². The lowest BCUT2D eigenvalue weighted by Gasteiger charge is -2.16. The number of fused-ring (bicyclic) bond motifs is 1. The summed E-state index contributed by atoms with van der Waals surface area (Å²) in [5.74, 6) is -1.09. The lowest BCUT2D eigenvalue weighted by atomic mass is 9.91. The fourth-order valence-corrected chi connectivity index (χ4v) is 2.60. The first-order chi connectivity index (χ1) is 11.4. The Morgan fingerprint density at radius 1 is 1.17 bits per heavy atom. The molecule has 0 radical (unpaired) electrons. The fourth-order valence-electron chi connectivity index (χ4n) is 2.60. The summed E-state index contributed by atoms with van der Waals surface area (Å²) < 4.78 is 20.5. The zero-order chi connectivity index (χ0) is 17.9. The summed E-state index contributed by atoms with van der Waals surface area (Å²) in [6.07, 6.45) is -0.0838. The molecular weight excluding hydrogens is 316 g/mol. The molecule has 7 heteroatoms. The van der Waals surface area contributed by atoms with E-state index in [9.17, 15) is 14.4 Å². The third kappa shape index (κ3) is 3.24. The van der Waals surface area contributed by atoms with Crippen LogP contribution in [0.2, 0.25) is 0 Å². The van der Waals surface area contributed by atoms with E-state index in [1.54, 1.807) is 12.1 Å². The first kappa shape index (κ1) is 17.5. The Labute approximate surface area is 138 Å². The molecule has 24 heavy (non-hydrogen) atoms. The highest BCUT2D eigenvalue weighted by Gasteiger charge is 2.27. The molecule has 1 atom stereocenters. The first-order valence-corrected chi connectivity index (χ1v) is 7.18. The summed E-state index contributed by atoms with van der Waals surface area (Å²) in [6.45, 7) is 1.37. The molecule has 0 aliphatic carbocycles. The number of Topliss-reactive ketones (excluding diaryl/α,β-unsaturated/α-hetero) is 1. The van der Waals surface area contributed by atoms with Gasteiger partial charge in [0.2, 0.25) is 5.75 Å². The molecule has 1 aromatic heterocycles. The molecule has 0 unspecified atom stereocenters. The Balaban J connectivity index is 2.80. The van der Waals surface area contributed by atoms with Crippen LogP contribution in [-0.4, -0.2) is 33.1 Å². The van der Waals surface area contributed by atoms with Crippen molar-refractivity contribution in [3.05, 3.63) is 34.2 Å². The number of hydrogen-bond acceptors (Lipinski definition) is 7. The molecule has 2 aromatic rings.